The minimum absolute atomic E-state index is 0.0225. The van der Waals surface area contributed by atoms with E-state index in [0.29, 0.717) is 11.5 Å². The molecule has 19 heavy (non-hydrogen) atoms. The average molecular weight is 343 g/mol. The molecule has 0 saturated carbocycles. The van der Waals surface area contributed by atoms with Gasteiger partial charge in [-0.1, -0.05) is 42.1 Å². The molecule has 0 saturated heterocycles. The van der Waals surface area contributed by atoms with Crippen molar-refractivity contribution >= 4 is 44.9 Å². The maximum Gasteiger partial charge on any atom is 0.226 e. The lowest BCUT2D eigenvalue weighted by Crippen LogP contribution is -2.33. The molecule has 0 aliphatic heterocycles. The monoisotopic (exact) mass is 342 g/mol. The topological polar surface area (TPSA) is 41.1 Å². The van der Waals surface area contributed by atoms with Crippen molar-refractivity contribution in [2.24, 2.45) is 0 Å². The summed E-state index contributed by atoms with van der Waals surface area (Å²) in [7, 11) is 0. The van der Waals surface area contributed by atoms with Gasteiger partial charge in [0.1, 0.15) is 0 Å². The van der Waals surface area contributed by atoms with E-state index in [4.69, 9.17) is 12.2 Å². The second-order valence-corrected chi connectivity index (χ2v) is 5.64. The van der Waals surface area contributed by atoms with E-state index in [0.717, 1.165) is 23.0 Å². The third-order valence-electron chi connectivity index (χ3n) is 2.61. The molecule has 0 atom stereocenters. The zero-order chi connectivity index (χ0) is 14.1. The fourth-order valence-electron chi connectivity index (χ4n) is 1.60. The lowest BCUT2D eigenvalue weighted by molar-refractivity contribution is -0.119. The number of hydrogen-bond acceptors (Lipinski definition) is 2. The number of hydrogen-bond donors (Lipinski definition) is 2. The summed E-state index contributed by atoms with van der Waals surface area (Å²) in [5.74, 6) is -0.0225. The number of amides is 1. The minimum Gasteiger partial charge on any atom is -0.332 e. The van der Waals surface area contributed by atoms with Crippen molar-refractivity contribution in [3.8, 4) is 0 Å². The molecule has 1 amide bonds. The lowest BCUT2D eigenvalue weighted by Gasteiger charge is -2.09. The molecule has 2 N–H and O–H groups in total. The smallest absolute Gasteiger partial charge is 0.226 e. The van der Waals surface area contributed by atoms with E-state index in [9.17, 15) is 4.79 Å². The number of thiocarbonyl (C=S) groups is 1. The number of carbonyl (C=O) groups is 1. The first kappa shape index (κ1) is 16.1. The highest BCUT2D eigenvalue weighted by Gasteiger charge is 2.04. The van der Waals surface area contributed by atoms with Crippen LogP contribution >= 0.6 is 28.1 Å². The number of anilines is 1. The summed E-state index contributed by atoms with van der Waals surface area (Å²) in [6, 6.07) is 7.61. The molecule has 104 valence electrons. The molecular formula is C14H19BrN2OS. The van der Waals surface area contributed by atoms with Gasteiger partial charge in [0.25, 0.3) is 0 Å². The highest BCUT2D eigenvalue weighted by atomic mass is 79.9. The molecule has 0 fully saturated rings. The van der Waals surface area contributed by atoms with Crippen LogP contribution in [0.4, 0.5) is 5.69 Å². The van der Waals surface area contributed by atoms with E-state index in [2.05, 4.69) is 33.5 Å². The molecule has 0 aromatic heterocycles. The van der Waals surface area contributed by atoms with Crippen molar-refractivity contribution in [1.29, 1.82) is 0 Å². The predicted molar refractivity (Wildman–Crippen MR) is 87.3 cm³/mol. The molecule has 0 aliphatic carbocycles. The van der Waals surface area contributed by atoms with Crippen LogP contribution < -0.4 is 10.6 Å². The predicted octanol–water partition coefficient (Wildman–Crippen LogP) is 4.23. The molecule has 1 rings (SSSR count). The van der Waals surface area contributed by atoms with Gasteiger partial charge in [-0.2, -0.15) is 0 Å². The average Bonchev–Trinajstić information content (AvgIpc) is 2.37. The SMILES string of the molecule is CCCCCCC(=O)NC(=S)Nc1ccc(Br)cc1. The number of carbonyl (C=O) groups excluding carboxylic acids is 1. The molecule has 0 bridgehead atoms. The minimum atomic E-state index is -0.0225. The van der Waals surface area contributed by atoms with Gasteiger partial charge in [0, 0.05) is 16.6 Å². The van der Waals surface area contributed by atoms with Gasteiger partial charge in [-0.25, -0.2) is 0 Å². The van der Waals surface area contributed by atoms with E-state index < -0.39 is 0 Å². The Bertz CT molecular complexity index is 420. The fourth-order valence-corrected chi connectivity index (χ4v) is 2.09. The van der Waals surface area contributed by atoms with Crippen LogP contribution in [0.25, 0.3) is 0 Å². The van der Waals surface area contributed by atoms with Crippen LogP contribution in [0.5, 0.6) is 0 Å². The highest BCUT2D eigenvalue weighted by Crippen LogP contribution is 2.13. The van der Waals surface area contributed by atoms with Crippen LogP contribution in [0.2, 0.25) is 0 Å². The van der Waals surface area contributed by atoms with Crippen molar-refractivity contribution in [3.05, 3.63) is 28.7 Å². The van der Waals surface area contributed by atoms with Gasteiger partial charge in [-0.05, 0) is 42.9 Å². The number of rotatable bonds is 6. The quantitative estimate of drug-likeness (QED) is 0.600. The van der Waals surface area contributed by atoms with Crippen molar-refractivity contribution in [2.75, 3.05) is 5.32 Å². The lowest BCUT2D eigenvalue weighted by atomic mass is 10.1. The molecule has 0 spiro atoms. The molecule has 0 radical (unpaired) electrons. The van der Waals surface area contributed by atoms with Crippen molar-refractivity contribution in [1.82, 2.24) is 5.32 Å². The van der Waals surface area contributed by atoms with Crippen molar-refractivity contribution < 1.29 is 4.79 Å². The molecule has 0 aliphatic rings. The Hall–Kier alpha value is -0.940. The Balaban J connectivity index is 2.26. The molecule has 0 heterocycles. The summed E-state index contributed by atoms with van der Waals surface area (Å²) in [5.41, 5.74) is 0.861. The Kier molecular flexibility index (Phi) is 7.67. The Labute approximate surface area is 128 Å². The summed E-state index contributed by atoms with van der Waals surface area (Å²) in [4.78, 5) is 11.6. The van der Waals surface area contributed by atoms with E-state index in [-0.39, 0.29) is 5.91 Å². The highest BCUT2D eigenvalue weighted by molar-refractivity contribution is 9.10. The van der Waals surface area contributed by atoms with E-state index >= 15 is 0 Å². The van der Waals surface area contributed by atoms with E-state index in [1.54, 1.807) is 0 Å². The first-order chi connectivity index (χ1) is 9.11. The maximum atomic E-state index is 11.6. The van der Waals surface area contributed by atoms with Gasteiger partial charge in [-0.3, -0.25) is 4.79 Å². The van der Waals surface area contributed by atoms with Crippen LogP contribution in [-0.4, -0.2) is 11.0 Å². The Morgan fingerprint density at radius 1 is 1.21 bits per heavy atom. The van der Waals surface area contributed by atoms with Crippen LogP contribution in [0.15, 0.2) is 28.7 Å². The van der Waals surface area contributed by atoms with Crippen LogP contribution in [0.3, 0.4) is 0 Å². The zero-order valence-electron chi connectivity index (χ0n) is 11.0. The van der Waals surface area contributed by atoms with Crippen molar-refractivity contribution in [3.63, 3.8) is 0 Å². The first-order valence-electron chi connectivity index (χ1n) is 6.48. The largest absolute Gasteiger partial charge is 0.332 e. The van der Waals surface area contributed by atoms with Gasteiger partial charge < -0.3 is 10.6 Å². The Morgan fingerprint density at radius 3 is 2.53 bits per heavy atom. The van der Waals surface area contributed by atoms with Gasteiger partial charge in [-0.15, -0.1) is 0 Å². The number of nitrogens with one attached hydrogen (secondary N) is 2. The number of benzene rings is 1. The van der Waals surface area contributed by atoms with E-state index in [1.807, 2.05) is 24.3 Å². The second-order valence-electron chi connectivity index (χ2n) is 4.32. The van der Waals surface area contributed by atoms with Gasteiger partial charge in [0.15, 0.2) is 5.11 Å². The fraction of sp³-hybridized carbons (Fsp3) is 0.429. The molecule has 0 unspecified atom stereocenters. The van der Waals surface area contributed by atoms with Crippen LogP contribution in [0.1, 0.15) is 39.0 Å². The molecule has 1 aromatic carbocycles. The van der Waals surface area contributed by atoms with E-state index in [1.165, 1.54) is 12.8 Å². The second kappa shape index (κ2) is 9.04. The summed E-state index contributed by atoms with van der Waals surface area (Å²) in [6.07, 6.45) is 4.89. The third-order valence-corrected chi connectivity index (χ3v) is 3.35. The van der Waals surface area contributed by atoms with Crippen LogP contribution in [0, 0.1) is 0 Å². The Morgan fingerprint density at radius 2 is 1.89 bits per heavy atom. The molecule has 1 aromatic rings. The molecular weight excluding hydrogens is 324 g/mol. The van der Waals surface area contributed by atoms with Gasteiger partial charge in [0.2, 0.25) is 5.91 Å². The number of halogens is 1. The molecule has 3 nitrogen and oxygen atoms in total. The van der Waals surface area contributed by atoms with Crippen LogP contribution in [-0.2, 0) is 4.79 Å². The first-order valence-corrected chi connectivity index (χ1v) is 7.68. The van der Waals surface area contributed by atoms with Gasteiger partial charge in [0.05, 0.1) is 0 Å². The molecule has 5 heteroatoms. The normalized spacial score (nSPS) is 10.0. The standard InChI is InChI=1S/C14H19BrN2OS/c1-2-3-4-5-6-13(18)17-14(19)16-12-9-7-11(15)8-10-12/h7-10H,2-6H2,1H3,(H2,16,17,18,19). The number of unbranched alkanes of at least 4 members (excludes halogenated alkanes) is 3. The summed E-state index contributed by atoms with van der Waals surface area (Å²) in [5, 5.41) is 6.02. The van der Waals surface area contributed by atoms with Gasteiger partial charge >= 0.3 is 0 Å². The summed E-state index contributed by atoms with van der Waals surface area (Å²) in [6.45, 7) is 2.15. The third kappa shape index (κ3) is 7.28. The zero-order valence-corrected chi connectivity index (χ0v) is 13.4. The van der Waals surface area contributed by atoms with Crippen molar-refractivity contribution in [2.45, 2.75) is 39.0 Å². The summed E-state index contributed by atoms with van der Waals surface area (Å²) < 4.78 is 1.00. The summed E-state index contributed by atoms with van der Waals surface area (Å²) >= 11 is 8.45. The maximum absolute atomic E-state index is 11.6.